The molecule has 0 heterocycles. The molecule has 0 aliphatic heterocycles. The molecule has 1 aliphatic carbocycles. The van der Waals surface area contributed by atoms with E-state index in [0.29, 0.717) is 0 Å². The Balaban J connectivity index is 2.51. The lowest BCUT2D eigenvalue weighted by molar-refractivity contribution is 0.385. The molecular weight excluding hydrogens is 169 g/mol. The zero-order valence-corrected chi connectivity index (χ0v) is 7.51. The van der Waals surface area contributed by atoms with Gasteiger partial charge in [-0.1, -0.05) is 0 Å². The molecule has 13 heavy (non-hydrogen) atoms. The third-order valence-electron chi connectivity index (χ3n) is 2.54. The van der Waals surface area contributed by atoms with Gasteiger partial charge in [0.05, 0.1) is 7.11 Å². The van der Waals surface area contributed by atoms with Crippen LogP contribution in [0.15, 0.2) is 12.1 Å². The zero-order chi connectivity index (χ0) is 9.42. The summed E-state index contributed by atoms with van der Waals surface area (Å²) in [5, 5.41) is 0. The van der Waals surface area contributed by atoms with Crippen LogP contribution in [0.25, 0.3) is 0 Å². The number of hydrogen-bond acceptors (Lipinski definition) is 2. The van der Waals surface area contributed by atoms with Crippen molar-refractivity contribution in [3.63, 3.8) is 0 Å². The van der Waals surface area contributed by atoms with Crippen molar-refractivity contribution >= 4 is 0 Å². The first-order valence-corrected chi connectivity index (χ1v) is 4.34. The van der Waals surface area contributed by atoms with Gasteiger partial charge in [-0.15, -0.1) is 0 Å². The molecule has 0 amide bonds. The summed E-state index contributed by atoms with van der Waals surface area (Å²) in [6.07, 6.45) is 1.78. The highest BCUT2D eigenvalue weighted by atomic mass is 19.1. The quantitative estimate of drug-likeness (QED) is 0.716. The predicted octanol–water partition coefficient (Wildman–Crippen LogP) is 1.78. The zero-order valence-electron chi connectivity index (χ0n) is 7.51. The van der Waals surface area contributed by atoms with Crippen molar-refractivity contribution in [1.29, 1.82) is 0 Å². The number of methoxy groups -OCH3 is 1. The van der Waals surface area contributed by atoms with Gasteiger partial charge in [0.2, 0.25) is 0 Å². The molecule has 0 spiro atoms. The third-order valence-corrected chi connectivity index (χ3v) is 2.54. The van der Waals surface area contributed by atoms with Crippen LogP contribution < -0.4 is 10.5 Å². The van der Waals surface area contributed by atoms with Crippen LogP contribution in [0.1, 0.15) is 23.6 Å². The average molecular weight is 181 g/mol. The van der Waals surface area contributed by atoms with Gasteiger partial charge in [0.15, 0.2) is 11.6 Å². The molecule has 1 aliphatic rings. The number of nitrogens with two attached hydrogens (primary N) is 1. The molecule has 2 N–H and O–H groups in total. The number of rotatable bonds is 1. The highest BCUT2D eigenvalue weighted by Crippen LogP contribution is 2.33. The average Bonchev–Trinajstić information content (AvgIpc) is 2.46. The van der Waals surface area contributed by atoms with Crippen LogP contribution in [0, 0.1) is 5.82 Å². The molecule has 0 aromatic heterocycles. The van der Waals surface area contributed by atoms with Crippen LogP contribution in [-0.4, -0.2) is 7.11 Å². The van der Waals surface area contributed by atoms with E-state index in [-0.39, 0.29) is 17.6 Å². The van der Waals surface area contributed by atoms with Crippen LogP contribution in [0.5, 0.6) is 5.75 Å². The van der Waals surface area contributed by atoms with Gasteiger partial charge < -0.3 is 10.5 Å². The van der Waals surface area contributed by atoms with Gasteiger partial charge in [-0.2, -0.15) is 0 Å². The fourth-order valence-electron chi connectivity index (χ4n) is 1.79. The minimum absolute atomic E-state index is 0.0458. The topological polar surface area (TPSA) is 35.2 Å². The Kier molecular flexibility index (Phi) is 1.96. The van der Waals surface area contributed by atoms with Crippen LogP contribution >= 0.6 is 0 Å². The highest BCUT2D eigenvalue weighted by Gasteiger charge is 2.21. The Bertz CT molecular complexity index is 338. The van der Waals surface area contributed by atoms with Gasteiger partial charge in [-0.3, -0.25) is 0 Å². The van der Waals surface area contributed by atoms with Crippen molar-refractivity contribution < 1.29 is 9.13 Å². The van der Waals surface area contributed by atoms with Gasteiger partial charge in [-0.25, -0.2) is 4.39 Å². The molecule has 1 aromatic carbocycles. The Hall–Kier alpha value is -1.09. The number of fused-ring (bicyclic) bond motifs is 1. The molecular formula is C10H12FNO. The Morgan fingerprint density at radius 3 is 3.00 bits per heavy atom. The highest BCUT2D eigenvalue weighted by molar-refractivity contribution is 5.41. The monoisotopic (exact) mass is 181 g/mol. The summed E-state index contributed by atoms with van der Waals surface area (Å²) >= 11 is 0. The number of halogens is 1. The van der Waals surface area contributed by atoms with E-state index in [1.165, 1.54) is 13.2 Å². The molecule has 0 bridgehead atoms. The maximum absolute atomic E-state index is 13.2. The largest absolute Gasteiger partial charge is 0.494 e. The van der Waals surface area contributed by atoms with E-state index in [4.69, 9.17) is 10.5 Å². The molecule has 2 nitrogen and oxygen atoms in total. The summed E-state index contributed by atoms with van der Waals surface area (Å²) in [7, 11) is 1.46. The molecule has 70 valence electrons. The molecule has 3 heteroatoms. The second kappa shape index (κ2) is 3.00. The fourth-order valence-corrected chi connectivity index (χ4v) is 1.79. The van der Waals surface area contributed by atoms with E-state index in [2.05, 4.69) is 0 Å². The second-order valence-corrected chi connectivity index (χ2v) is 3.33. The molecule has 2 rings (SSSR count). The number of hydrogen-bond donors (Lipinski definition) is 1. The summed E-state index contributed by atoms with van der Waals surface area (Å²) in [4.78, 5) is 0. The number of ether oxygens (including phenoxy) is 1. The third kappa shape index (κ3) is 1.29. The van der Waals surface area contributed by atoms with Gasteiger partial charge in [0, 0.05) is 6.04 Å². The van der Waals surface area contributed by atoms with E-state index in [1.54, 1.807) is 6.07 Å². The smallest absolute Gasteiger partial charge is 0.165 e. The summed E-state index contributed by atoms with van der Waals surface area (Å²) in [6, 6.07) is 3.29. The van der Waals surface area contributed by atoms with Crippen LogP contribution in [0.3, 0.4) is 0 Å². The number of benzene rings is 1. The maximum Gasteiger partial charge on any atom is 0.165 e. The standard InChI is InChI=1S/C10H12FNO/c1-13-10-5-7-6(4-8(10)11)2-3-9(7)12/h4-5,9H,2-3,12H2,1H3/t9-/m0/s1. The summed E-state index contributed by atoms with van der Waals surface area (Å²) in [5.41, 5.74) is 7.89. The molecule has 1 aromatic rings. The lowest BCUT2D eigenvalue weighted by Gasteiger charge is -2.08. The van der Waals surface area contributed by atoms with Crippen LogP contribution in [-0.2, 0) is 6.42 Å². The molecule has 0 unspecified atom stereocenters. The molecule has 0 radical (unpaired) electrons. The minimum Gasteiger partial charge on any atom is -0.494 e. The van der Waals surface area contributed by atoms with E-state index in [1.807, 2.05) is 0 Å². The lowest BCUT2D eigenvalue weighted by Crippen LogP contribution is -2.05. The van der Waals surface area contributed by atoms with Crippen molar-refractivity contribution in [3.8, 4) is 5.75 Å². The summed E-state index contributed by atoms with van der Waals surface area (Å²) in [5.74, 6) is -0.00792. The van der Waals surface area contributed by atoms with Gasteiger partial charge in [-0.05, 0) is 36.1 Å². The minimum atomic E-state index is -0.296. The van der Waals surface area contributed by atoms with Gasteiger partial charge in [0.1, 0.15) is 0 Å². The SMILES string of the molecule is COc1cc2c(cc1F)CC[C@@H]2N. The first-order chi connectivity index (χ1) is 6.22. The predicted molar refractivity (Wildman–Crippen MR) is 48.2 cm³/mol. The Labute approximate surface area is 76.5 Å². The normalized spacial score (nSPS) is 20.1. The fraction of sp³-hybridized carbons (Fsp3) is 0.400. The summed E-state index contributed by atoms with van der Waals surface area (Å²) in [6.45, 7) is 0. The van der Waals surface area contributed by atoms with E-state index in [9.17, 15) is 4.39 Å². The first kappa shape index (κ1) is 8.51. The first-order valence-electron chi connectivity index (χ1n) is 4.34. The number of aryl methyl sites for hydroxylation is 1. The van der Waals surface area contributed by atoms with Crippen molar-refractivity contribution in [1.82, 2.24) is 0 Å². The van der Waals surface area contributed by atoms with E-state index < -0.39 is 0 Å². The Morgan fingerprint density at radius 2 is 2.31 bits per heavy atom. The molecule has 0 saturated heterocycles. The van der Waals surface area contributed by atoms with Crippen LogP contribution in [0.2, 0.25) is 0 Å². The Morgan fingerprint density at radius 1 is 1.54 bits per heavy atom. The van der Waals surface area contributed by atoms with Crippen molar-refractivity contribution in [2.45, 2.75) is 18.9 Å². The lowest BCUT2D eigenvalue weighted by atomic mass is 10.1. The van der Waals surface area contributed by atoms with E-state index >= 15 is 0 Å². The molecule has 1 atom stereocenters. The van der Waals surface area contributed by atoms with Gasteiger partial charge in [0.25, 0.3) is 0 Å². The molecule has 0 saturated carbocycles. The van der Waals surface area contributed by atoms with Gasteiger partial charge >= 0.3 is 0 Å². The molecule has 0 fully saturated rings. The maximum atomic E-state index is 13.2. The van der Waals surface area contributed by atoms with Crippen LogP contribution in [0.4, 0.5) is 4.39 Å². The second-order valence-electron chi connectivity index (χ2n) is 3.33. The van der Waals surface area contributed by atoms with Crippen molar-refractivity contribution in [2.24, 2.45) is 5.73 Å². The van der Waals surface area contributed by atoms with Crippen molar-refractivity contribution in [2.75, 3.05) is 7.11 Å². The summed E-state index contributed by atoms with van der Waals surface area (Å²) < 4.78 is 18.1. The van der Waals surface area contributed by atoms with Crippen molar-refractivity contribution in [3.05, 3.63) is 29.1 Å². The van der Waals surface area contributed by atoms with E-state index in [0.717, 1.165) is 24.0 Å².